The number of pyridine rings is 1. The van der Waals surface area contributed by atoms with Crippen LogP contribution in [0.15, 0.2) is 23.1 Å². The predicted octanol–water partition coefficient (Wildman–Crippen LogP) is -1.20. The molecule has 3 heterocycles. The molecule has 2 aliphatic rings. The Morgan fingerprint density at radius 1 is 1.06 bits per heavy atom. The maximum absolute atomic E-state index is 12.6. The molecule has 0 radical (unpaired) electrons. The van der Waals surface area contributed by atoms with E-state index in [9.17, 15) is 19.2 Å². The molecule has 31 heavy (non-hydrogen) atoms. The summed E-state index contributed by atoms with van der Waals surface area (Å²) in [5.74, 6) is -1.33. The molecule has 2 aliphatic heterocycles. The second-order valence-corrected chi connectivity index (χ2v) is 7.99. The highest BCUT2D eigenvalue weighted by molar-refractivity contribution is 6.35. The van der Waals surface area contributed by atoms with Crippen LogP contribution in [0.1, 0.15) is 23.2 Å². The SMILES string of the molecule is Cn1cccc(C(=O)N2CCC(CNC(=O)C(=O)NCCN3CCOCC3)CC2)c1=O. The van der Waals surface area contributed by atoms with E-state index in [1.54, 1.807) is 30.3 Å². The molecule has 0 aliphatic carbocycles. The first-order valence-corrected chi connectivity index (χ1v) is 10.8. The average Bonchev–Trinajstić information content (AvgIpc) is 2.80. The minimum atomic E-state index is -0.631. The molecular weight excluding hydrogens is 402 g/mol. The van der Waals surface area contributed by atoms with Gasteiger partial charge in [-0.25, -0.2) is 0 Å². The molecule has 0 saturated carbocycles. The molecule has 170 valence electrons. The Bertz CT molecular complexity index is 841. The zero-order valence-electron chi connectivity index (χ0n) is 18.0. The Kier molecular flexibility index (Phi) is 8.19. The van der Waals surface area contributed by atoms with Gasteiger partial charge in [0.25, 0.3) is 11.5 Å². The maximum Gasteiger partial charge on any atom is 0.309 e. The highest BCUT2D eigenvalue weighted by Crippen LogP contribution is 2.17. The molecule has 10 heteroatoms. The summed E-state index contributed by atoms with van der Waals surface area (Å²) in [5.41, 5.74) is -0.132. The monoisotopic (exact) mass is 433 g/mol. The lowest BCUT2D eigenvalue weighted by molar-refractivity contribution is -0.139. The quantitative estimate of drug-likeness (QED) is 0.545. The van der Waals surface area contributed by atoms with Crippen LogP contribution < -0.4 is 16.2 Å². The van der Waals surface area contributed by atoms with E-state index in [-0.39, 0.29) is 22.9 Å². The fourth-order valence-corrected chi connectivity index (χ4v) is 3.82. The number of morpholine rings is 1. The molecule has 2 saturated heterocycles. The lowest BCUT2D eigenvalue weighted by atomic mass is 9.96. The number of nitrogens with one attached hydrogen (secondary N) is 2. The summed E-state index contributed by atoms with van der Waals surface area (Å²) in [7, 11) is 1.62. The van der Waals surface area contributed by atoms with Crippen LogP contribution in [-0.4, -0.2) is 91.1 Å². The van der Waals surface area contributed by atoms with Crippen LogP contribution in [0, 0.1) is 5.92 Å². The van der Waals surface area contributed by atoms with E-state index in [2.05, 4.69) is 15.5 Å². The summed E-state index contributed by atoms with van der Waals surface area (Å²) in [6.07, 6.45) is 3.03. The smallest absolute Gasteiger partial charge is 0.309 e. The zero-order chi connectivity index (χ0) is 22.2. The maximum atomic E-state index is 12.6. The number of amides is 3. The van der Waals surface area contributed by atoms with E-state index < -0.39 is 11.8 Å². The molecule has 2 fully saturated rings. The van der Waals surface area contributed by atoms with Crippen molar-refractivity contribution in [1.29, 1.82) is 0 Å². The molecule has 0 spiro atoms. The van der Waals surface area contributed by atoms with Gasteiger partial charge in [-0.3, -0.25) is 24.1 Å². The highest BCUT2D eigenvalue weighted by atomic mass is 16.5. The normalized spacial score (nSPS) is 17.9. The molecule has 10 nitrogen and oxygen atoms in total. The molecule has 0 atom stereocenters. The molecule has 0 aromatic carbocycles. The number of ether oxygens (including phenoxy) is 1. The van der Waals surface area contributed by atoms with Gasteiger partial charge in [-0.15, -0.1) is 0 Å². The molecule has 3 rings (SSSR count). The fraction of sp³-hybridized carbons (Fsp3) is 0.619. The second-order valence-electron chi connectivity index (χ2n) is 7.99. The van der Waals surface area contributed by atoms with Crippen molar-refractivity contribution >= 4 is 17.7 Å². The van der Waals surface area contributed by atoms with Crippen molar-refractivity contribution in [2.45, 2.75) is 12.8 Å². The topological polar surface area (TPSA) is 113 Å². The van der Waals surface area contributed by atoms with Crippen LogP contribution in [0.4, 0.5) is 0 Å². The standard InChI is InChI=1S/C21H31N5O5/c1-24-7-2-3-17(20(24)29)21(30)26-8-4-16(5-9-26)15-23-19(28)18(27)22-6-10-25-11-13-31-14-12-25/h2-3,7,16H,4-6,8-15H2,1H3,(H,22,27)(H,23,28). The lowest BCUT2D eigenvalue weighted by Crippen LogP contribution is -2.47. The van der Waals surface area contributed by atoms with E-state index in [4.69, 9.17) is 4.74 Å². The van der Waals surface area contributed by atoms with Crippen molar-refractivity contribution < 1.29 is 19.1 Å². The molecular formula is C21H31N5O5. The van der Waals surface area contributed by atoms with Gasteiger partial charge in [0.05, 0.1) is 13.2 Å². The Hall–Kier alpha value is -2.72. The molecule has 2 N–H and O–H groups in total. The Balaban J connectivity index is 1.35. The predicted molar refractivity (Wildman–Crippen MR) is 114 cm³/mol. The van der Waals surface area contributed by atoms with Crippen LogP contribution in [-0.2, 0) is 21.4 Å². The van der Waals surface area contributed by atoms with Crippen molar-refractivity contribution in [1.82, 2.24) is 25.0 Å². The molecule has 0 bridgehead atoms. The number of hydrogen-bond donors (Lipinski definition) is 2. The fourth-order valence-electron chi connectivity index (χ4n) is 3.82. The van der Waals surface area contributed by atoms with Gasteiger partial charge in [0.2, 0.25) is 0 Å². The Morgan fingerprint density at radius 3 is 2.45 bits per heavy atom. The first-order valence-electron chi connectivity index (χ1n) is 10.8. The third-order valence-corrected chi connectivity index (χ3v) is 5.83. The van der Waals surface area contributed by atoms with Gasteiger partial charge in [-0.2, -0.15) is 0 Å². The number of likely N-dealkylation sites (tertiary alicyclic amines) is 1. The zero-order valence-corrected chi connectivity index (χ0v) is 18.0. The summed E-state index contributed by atoms with van der Waals surface area (Å²) < 4.78 is 6.67. The van der Waals surface area contributed by atoms with E-state index in [0.717, 1.165) is 13.1 Å². The van der Waals surface area contributed by atoms with Crippen LogP contribution in [0.3, 0.4) is 0 Å². The van der Waals surface area contributed by atoms with Gasteiger partial charge in [0.15, 0.2) is 0 Å². The van der Waals surface area contributed by atoms with E-state index >= 15 is 0 Å². The number of nitrogens with zero attached hydrogens (tertiary/aromatic N) is 3. The summed E-state index contributed by atoms with van der Waals surface area (Å²) in [6, 6.07) is 3.23. The van der Waals surface area contributed by atoms with Crippen LogP contribution >= 0.6 is 0 Å². The first-order chi connectivity index (χ1) is 15.0. The van der Waals surface area contributed by atoms with Crippen molar-refractivity contribution in [3.63, 3.8) is 0 Å². The molecule has 0 unspecified atom stereocenters. The third-order valence-electron chi connectivity index (χ3n) is 5.83. The number of piperidine rings is 1. The van der Waals surface area contributed by atoms with Crippen molar-refractivity contribution in [3.8, 4) is 0 Å². The van der Waals surface area contributed by atoms with Crippen molar-refractivity contribution in [2.75, 3.05) is 59.0 Å². The number of carbonyl (C=O) groups excluding carboxylic acids is 3. The van der Waals surface area contributed by atoms with E-state index in [1.807, 2.05) is 0 Å². The Morgan fingerprint density at radius 2 is 1.74 bits per heavy atom. The van der Waals surface area contributed by atoms with Crippen molar-refractivity contribution in [2.24, 2.45) is 13.0 Å². The molecule has 1 aromatic heterocycles. The minimum Gasteiger partial charge on any atom is -0.379 e. The lowest BCUT2D eigenvalue weighted by Gasteiger charge is -2.32. The minimum absolute atomic E-state index is 0.172. The first kappa shape index (κ1) is 23.0. The second kappa shape index (κ2) is 11.1. The highest BCUT2D eigenvalue weighted by Gasteiger charge is 2.26. The third kappa shape index (κ3) is 6.38. The van der Waals surface area contributed by atoms with E-state index in [0.29, 0.717) is 58.8 Å². The summed E-state index contributed by atoms with van der Waals surface area (Å²) >= 11 is 0. The van der Waals surface area contributed by atoms with Crippen LogP contribution in [0.5, 0.6) is 0 Å². The van der Waals surface area contributed by atoms with Gasteiger partial charge >= 0.3 is 11.8 Å². The number of rotatable bonds is 6. The summed E-state index contributed by atoms with van der Waals surface area (Å²) in [6.45, 7) is 5.61. The van der Waals surface area contributed by atoms with Gasteiger partial charge in [0, 0.05) is 59.1 Å². The molecule has 1 aromatic rings. The summed E-state index contributed by atoms with van der Waals surface area (Å²) in [4.78, 5) is 52.6. The van der Waals surface area contributed by atoms with Gasteiger partial charge < -0.3 is 24.8 Å². The number of hydrogen-bond acceptors (Lipinski definition) is 6. The van der Waals surface area contributed by atoms with E-state index in [1.165, 1.54) is 4.57 Å². The number of aromatic nitrogens is 1. The Labute approximate surface area is 181 Å². The molecule has 3 amide bonds. The number of carbonyl (C=O) groups is 3. The number of aryl methyl sites for hydroxylation is 1. The van der Waals surface area contributed by atoms with Gasteiger partial charge in [-0.05, 0) is 30.9 Å². The van der Waals surface area contributed by atoms with Crippen LogP contribution in [0.25, 0.3) is 0 Å². The van der Waals surface area contributed by atoms with Gasteiger partial charge in [0.1, 0.15) is 5.56 Å². The van der Waals surface area contributed by atoms with Crippen molar-refractivity contribution in [3.05, 3.63) is 34.2 Å². The van der Waals surface area contributed by atoms with Gasteiger partial charge in [-0.1, -0.05) is 0 Å². The van der Waals surface area contributed by atoms with Crippen LogP contribution in [0.2, 0.25) is 0 Å². The summed E-state index contributed by atoms with van der Waals surface area (Å²) in [5, 5.41) is 5.34. The largest absolute Gasteiger partial charge is 0.379 e. The average molecular weight is 434 g/mol.